The first kappa shape index (κ1) is 41.4. The molecule has 3 aromatic carbocycles. The SMILES string of the molecule is CC1(C)O[C@@H](CF)[C@H](COc2ccc(C[C@H](C(=O)N[C@@H](Cc3ccc(C(F)(F)F)cc3)C(=O)O)n3cc(COc4ccc5nc(S(N)(=O)=O)sc5c4)nn3)cc2)O1. The van der Waals surface area contributed by atoms with Crippen molar-refractivity contribution >= 4 is 43.5 Å². The van der Waals surface area contributed by atoms with Gasteiger partial charge in [0.15, 0.2) is 5.79 Å². The Kier molecular flexibility index (Phi) is 12.1. The molecule has 1 amide bonds. The molecule has 1 fully saturated rings. The number of fused-ring (bicyclic) bond motifs is 1. The predicted molar refractivity (Wildman–Crippen MR) is 195 cm³/mol. The zero-order valence-electron chi connectivity index (χ0n) is 30.2. The fraction of sp³-hybridized carbons (Fsp3) is 0.361. The lowest BCUT2D eigenvalue weighted by atomic mass is 10.0. The van der Waals surface area contributed by atoms with Crippen molar-refractivity contribution in [1.82, 2.24) is 25.3 Å². The van der Waals surface area contributed by atoms with Crippen LogP contribution in [0.15, 0.2) is 77.3 Å². The van der Waals surface area contributed by atoms with Crippen molar-refractivity contribution in [3.8, 4) is 11.5 Å². The van der Waals surface area contributed by atoms with E-state index in [-0.39, 0.29) is 41.7 Å². The highest BCUT2D eigenvalue weighted by molar-refractivity contribution is 7.91. The van der Waals surface area contributed by atoms with E-state index >= 15 is 0 Å². The molecule has 0 spiro atoms. The molecule has 0 unspecified atom stereocenters. The Morgan fingerprint density at radius 3 is 2.30 bits per heavy atom. The van der Waals surface area contributed by atoms with E-state index in [9.17, 15) is 40.7 Å². The van der Waals surface area contributed by atoms with E-state index in [1.807, 2.05) is 0 Å². The molecule has 1 saturated heterocycles. The van der Waals surface area contributed by atoms with Crippen LogP contribution in [0.25, 0.3) is 10.2 Å². The van der Waals surface area contributed by atoms with Gasteiger partial charge in [-0.1, -0.05) is 29.5 Å². The summed E-state index contributed by atoms with van der Waals surface area (Å²) in [7, 11) is -4.00. The van der Waals surface area contributed by atoms with Crippen molar-refractivity contribution in [2.45, 2.75) is 73.9 Å². The van der Waals surface area contributed by atoms with E-state index in [0.29, 0.717) is 27.3 Å². The van der Waals surface area contributed by atoms with Crippen molar-refractivity contribution < 1.29 is 59.6 Å². The van der Waals surface area contributed by atoms with Gasteiger partial charge >= 0.3 is 12.1 Å². The molecule has 3 heterocycles. The van der Waals surface area contributed by atoms with Gasteiger partial charge in [-0.25, -0.2) is 32.4 Å². The van der Waals surface area contributed by atoms with Gasteiger partial charge in [0.2, 0.25) is 10.2 Å². The number of rotatable bonds is 16. The van der Waals surface area contributed by atoms with Gasteiger partial charge in [-0.2, -0.15) is 13.2 Å². The summed E-state index contributed by atoms with van der Waals surface area (Å²) in [5, 5.41) is 25.9. The number of carboxylic acids is 1. The number of hydrogen-bond acceptors (Lipinski definition) is 12. The molecular formula is C36H36F4N6O9S2. The maximum absolute atomic E-state index is 13.9. The number of carboxylic acid groups (broad SMARTS) is 1. The van der Waals surface area contributed by atoms with Gasteiger partial charge in [0, 0.05) is 12.8 Å². The van der Waals surface area contributed by atoms with Crippen LogP contribution in [0.1, 0.15) is 42.3 Å². The second-order valence-corrected chi connectivity index (χ2v) is 16.2. The number of hydrogen-bond donors (Lipinski definition) is 3. The van der Waals surface area contributed by atoms with Crippen molar-refractivity contribution in [3.05, 3.63) is 95.3 Å². The summed E-state index contributed by atoms with van der Waals surface area (Å²) >= 11 is 0.871. The van der Waals surface area contributed by atoms with Gasteiger partial charge in [-0.15, -0.1) is 16.4 Å². The minimum atomic E-state index is -4.58. The van der Waals surface area contributed by atoms with Gasteiger partial charge in [0.1, 0.15) is 61.4 Å². The second-order valence-electron chi connectivity index (χ2n) is 13.5. The van der Waals surface area contributed by atoms with E-state index in [0.717, 1.165) is 35.6 Å². The molecule has 0 radical (unpaired) electrons. The molecular weight excluding hydrogens is 801 g/mol. The monoisotopic (exact) mass is 836 g/mol. The van der Waals surface area contributed by atoms with Crippen LogP contribution in [-0.4, -0.2) is 82.7 Å². The summed E-state index contributed by atoms with van der Waals surface area (Å²) in [6, 6.07) is 12.6. The molecule has 57 heavy (non-hydrogen) atoms. The lowest BCUT2D eigenvalue weighted by Gasteiger charge is -2.21. The van der Waals surface area contributed by atoms with Crippen molar-refractivity contribution in [2.24, 2.45) is 5.14 Å². The minimum absolute atomic E-state index is 0.0103. The third-order valence-corrected chi connectivity index (χ3v) is 11.0. The first-order valence-corrected chi connectivity index (χ1v) is 19.5. The summed E-state index contributed by atoms with van der Waals surface area (Å²) < 4.78 is 101. The smallest absolute Gasteiger partial charge is 0.416 e. The normalized spacial score (nSPS) is 17.9. The zero-order chi connectivity index (χ0) is 41.1. The number of nitrogens with two attached hydrogens (primary N) is 1. The largest absolute Gasteiger partial charge is 0.491 e. The molecule has 5 aromatic rings. The van der Waals surface area contributed by atoms with E-state index < -0.39 is 70.4 Å². The Balaban J connectivity index is 1.18. The summed E-state index contributed by atoms with van der Waals surface area (Å²) in [4.78, 5) is 30.1. The molecule has 15 nitrogen and oxygen atoms in total. The third kappa shape index (κ3) is 10.6. The van der Waals surface area contributed by atoms with E-state index in [4.69, 9.17) is 24.1 Å². The molecule has 0 bridgehead atoms. The van der Waals surface area contributed by atoms with Crippen LogP contribution >= 0.6 is 11.3 Å². The number of carbonyl (C=O) groups excluding carboxylic acids is 1. The van der Waals surface area contributed by atoms with Crippen LogP contribution in [0.4, 0.5) is 17.6 Å². The number of amides is 1. The first-order chi connectivity index (χ1) is 26.9. The van der Waals surface area contributed by atoms with Crippen molar-refractivity contribution in [3.63, 3.8) is 0 Å². The molecule has 4 atom stereocenters. The number of nitrogens with one attached hydrogen (secondary N) is 1. The van der Waals surface area contributed by atoms with Crippen LogP contribution in [0, 0.1) is 0 Å². The Labute approximate surface area is 326 Å². The highest BCUT2D eigenvalue weighted by atomic mass is 32.2. The van der Waals surface area contributed by atoms with Crippen molar-refractivity contribution in [2.75, 3.05) is 13.3 Å². The van der Waals surface area contributed by atoms with Crippen LogP contribution in [0.5, 0.6) is 11.5 Å². The number of ether oxygens (including phenoxy) is 4. The quantitative estimate of drug-likeness (QED) is 0.117. The Hall–Kier alpha value is -5.22. The third-order valence-electron chi connectivity index (χ3n) is 8.69. The summed E-state index contributed by atoms with van der Waals surface area (Å²) in [6.45, 7) is 2.48. The molecule has 304 valence electrons. The molecule has 4 N–H and O–H groups in total. The predicted octanol–water partition coefficient (Wildman–Crippen LogP) is 4.60. The molecule has 2 aromatic heterocycles. The van der Waals surface area contributed by atoms with Gasteiger partial charge in [0.25, 0.3) is 10.0 Å². The molecule has 0 saturated carbocycles. The van der Waals surface area contributed by atoms with E-state index in [1.54, 1.807) is 56.3 Å². The summed E-state index contributed by atoms with van der Waals surface area (Å²) in [5.41, 5.74) is 0.625. The number of aliphatic carboxylic acids is 1. The average molecular weight is 837 g/mol. The molecule has 1 aliphatic rings. The van der Waals surface area contributed by atoms with Crippen LogP contribution in [-0.2, 0) is 54.7 Å². The maximum atomic E-state index is 13.9. The van der Waals surface area contributed by atoms with Crippen molar-refractivity contribution in [1.29, 1.82) is 0 Å². The number of nitrogens with zero attached hydrogens (tertiary/aromatic N) is 4. The lowest BCUT2D eigenvalue weighted by molar-refractivity contribution is -0.149. The number of carbonyl (C=O) groups is 2. The van der Waals surface area contributed by atoms with E-state index in [1.165, 1.54) is 10.9 Å². The summed E-state index contributed by atoms with van der Waals surface area (Å²) in [5.74, 6) is -2.38. The first-order valence-electron chi connectivity index (χ1n) is 17.2. The fourth-order valence-corrected chi connectivity index (χ4v) is 7.61. The number of halogens is 4. The van der Waals surface area contributed by atoms with Gasteiger partial charge in [0.05, 0.1) is 22.0 Å². The summed E-state index contributed by atoms with van der Waals surface area (Å²) in [6.07, 6.45) is -4.92. The topological polar surface area (TPSA) is 207 Å². The van der Waals surface area contributed by atoms with Gasteiger partial charge in [-0.3, -0.25) is 4.79 Å². The number of aromatic nitrogens is 4. The highest BCUT2D eigenvalue weighted by Gasteiger charge is 2.41. The second kappa shape index (κ2) is 16.7. The minimum Gasteiger partial charge on any atom is -0.491 e. The molecule has 1 aliphatic heterocycles. The van der Waals surface area contributed by atoms with Crippen LogP contribution < -0.4 is 19.9 Å². The van der Waals surface area contributed by atoms with Gasteiger partial charge in [-0.05, 0) is 67.4 Å². The number of sulfonamides is 1. The van der Waals surface area contributed by atoms with E-state index in [2.05, 4.69) is 20.6 Å². The Morgan fingerprint density at radius 2 is 1.65 bits per heavy atom. The van der Waals surface area contributed by atoms with Crippen LogP contribution in [0.3, 0.4) is 0 Å². The molecule has 0 aliphatic carbocycles. The average Bonchev–Trinajstić information content (AvgIpc) is 3.88. The number of thiazole rings is 1. The van der Waals surface area contributed by atoms with Gasteiger partial charge < -0.3 is 29.4 Å². The van der Waals surface area contributed by atoms with Crippen LogP contribution in [0.2, 0.25) is 0 Å². The lowest BCUT2D eigenvalue weighted by Crippen LogP contribution is -2.46. The Morgan fingerprint density at radius 1 is 1.00 bits per heavy atom. The molecule has 6 rings (SSSR count). The standard InChI is InChI=1S/C36H36F4N6O9S2/c1-35(2)54-29(16-37)30(55-35)19-53-24-9-5-21(6-10-24)14-28(32(47)42-27(33(48)49)13-20-3-7-22(8-4-20)36(38,39)40)46-17-23(44-45-46)18-52-25-11-12-26-31(15-25)56-34(43-26)57(41,50)51/h3-12,15,17,27-30H,13-14,16,18-19H2,1-2H3,(H,42,47)(H,48,49)(H2,41,50,51)/t27-,28+,29-,30-/m0/s1. The highest BCUT2D eigenvalue weighted by Crippen LogP contribution is 2.31. The Bertz CT molecular complexity index is 2320. The number of alkyl halides is 4. The fourth-order valence-electron chi connectivity index (χ4n) is 5.93. The zero-order valence-corrected chi connectivity index (χ0v) is 31.8. The number of benzene rings is 3. The molecule has 21 heteroatoms. The number of primary sulfonamides is 1. The maximum Gasteiger partial charge on any atom is 0.416 e.